The van der Waals surface area contributed by atoms with Crippen molar-refractivity contribution in [3.05, 3.63) is 23.0 Å². The highest BCUT2D eigenvalue weighted by Gasteiger charge is 2.19. The number of hydrogen-bond acceptors (Lipinski definition) is 3. The number of halogens is 2. The van der Waals surface area contributed by atoms with Crippen molar-refractivity contribution in [3.8, 4) is 11.8 Å². The van der Waals surface area contributed by atoms with Crippen molar-refractivity contribution in [2.24, 2.45) is 0 Å². The van der Waals surface area contributed by atoms with E-state index in [1.54, 1.807) is 6.07 Å². The molecule has 1 heterocycles. The fourth-order valence-electron chi connectivity index (χ4n) is 1.13. The van der Waals surface area contributed by atoms with E-state index in [1.165, 1.54) is 13.1 Å². The first-order chi connectivity index (χ1) is 6.57. The van der Waals surface area contributed by atoms with Gasteiger partial charge in [-0.3, -0.25) is 4.98 Å². The molecule has 3 nitrogen and oxygen atoms in total. The average molecular weight is 198 g/mol. The SMILES string of the molecule is Cc1cnc(CC#N)c(O)c1C(F)F. The molecule has 0 amide bonds. The van der Waals surface area contributed by atoms with Gasteiger partial charge in [-0.05, 0) is 12.5 Å². The summed E-state index contributed by atoms with van der Waals surface area (Å²) in [4.78, 5) is 3.70. The summed E-state index contributed by atoms with van der Waals surface area (Å²) in [7, 11) is 0. The fraction of sp³-hybridized carbons (Fsp3) is 0.333. The first kappa shape index (κ1) is 10.4. The molecule has 0 bridgehead atoms. The van der Waals surface area contributed by atoms with Crippen LogP contribution in [0.4, 0.5) is 8.78 Å². The van der Waals surface area contributed by atoms with Gasteiger partial charge in [0, 0.05) is 6.20 Å². The zero-order valence-electron chi connectivity index (χ0n) is 7.46. The number of pyridine rings is 1. The van der Waals surface area contributed by atoms with Crippen molar-refractivity contribution < 1.29 is 13.9 Å². The highest BCUT2D eigenvalue weighted by molar-refractivity contribution is 5.42. The summed E-state index contributed by atoms with van der Waals surface area (Å²) in [5.41, 5.74) is -0.224. The second-order valence-corrected chi connectivity index (χ2v) is 2.79. The molecule has 5 heteroatoms. The molecular weight excluding hydrogens is 190 g/mol. The molecule has 0 atom stereocenters. The summed E-state index contributed by atoms with van der Waals surface area (Å²) in [6.07, 6.45) is -1.70. The van der Waals surface area contributed by atoms with Gasteiger partial charge in [0.05, 0.1) is 23.7 Å². The zero-order chi connectivity index (χ0) is 10.7. The molecule has 14 heavy (non-hydrogen) atoms. The molecule has 0 aliphatic rings. The monoisotopic (exact) mass is 198 g/mol. The Morgan fingerprint density at radius 2 is 2.29 bits per heavy atom. The lowest BCUT2D eigenvalue weighted by molar-refractivity contribution is 0.146. The van der Waals surface area contributed by atoms with Crippen LogP contribution in [0.2, 0.25) is 0 Å². The number of aromatic hydroxyl groups is 1. The Hall–Kier alpha value is -1.70. The topological polar surface area (TPSA) is 56.9 Å². The van der Waals surface area contributed by atoms with Crippen LogP contribution in [0.5, 0.6) is 5.75 Å². The first-order valence-electron chi connectivity index (χ1n) is 3.90. The molecule has 1 N–H and O–H groups in total. The van der Waals surface area contributed by atoms with Crippen LogP contribution in [-0.4, -0.2) is 10.1 Å². The maximum atomic E-state index is 12.4. The van der Waals surface area contributed by atoms with Gasteiger partial charge in [-0.25, -0.2) is 8.78 Å². The summed E-state index contributed by atoms with van der Waals surface area (Å²) < 4.78 is 24.9. The second-order valence-electron chi connectivity index (χ2n) is 2.79. The molecule has 0 spiro atoms. The van der Waals surface area contributed by atoms with Crippen LogP contribution in [0.1, 0.15) is 23.2 Å². The third kappa shape index (κ3) is 1.79. The highest BCUT2D eigenvalue weighted by atomic mass is 19.3. The molecule has 0 aromatic carbocycles. The molecule has 0 aliphatic heterocycles. The van der Waals surface area contributed by atoms with Crippen molar-refractivity contribution in [1.82, 2.24) is 4.98 Å². The van der Waals surface area contributed by atoms with Gasteiger partial charge in [0.15, 0.2) is 0 Å². The number of alkyl halides is 2. The van der Waals surface area contributed by atoms with E-state index < -0.39 is 17.7 Å². The lowest BCUT2D eigenvalue weighted by Crippen LogP contribution is -1.97. The van der Waals surface area contributed by atoms with E-state index in [4.69, 9.17) is 5.26 Å². The third-order valence-electron chi connectivity index (χ3n) is 1.83. The smallest absolute Gasteiger partial charge is 0.267 e. The van der Waals surface area contributed by atoms with Crippen LogP contribution >= 0.6 is 0 Å². The summed E-state index contributed by atoms with van der Waals surface area (Å²) in [6, 6.07) is 1.74. The zero-order valence-corrected chi connectivity index (χ0v) is 7.46. The predicted molar refractivity (Wildman–Crippen MR) is 44.9 cm³/mol. The van der Waals surface area contributed by atoms with E-state index in [0.29, 0.717) is 0 Å². The van der Waals surface area contributed by atoms with Gasteiger partial charge in [0.2, 0.25) is 0 Å². The van der Waals surface area contributed by atoms with Gasteiger partial charge < -0.3 is 5.11 Å². The lowest BCUT2D eigenvalue weighted by Gasteiger charge is -2.08. The summed E-state index contributed by atoms with van der Waals surface area (Å²) >= 11 is 0. The molecule has 0 radical (unpaired) electrons. The number of rotatable bonds is 2. The standard InChI is InChI=1S/C9H8F2N2O/c1-5-4-13-6(2-3-12)8(14)7(5)9(10)11/h4,9,14H,2H2,1H3. The molecular formula is C9H8F2N2O. The molecule has 0 saturated heterocycles. The van der Waals surface area contributed by atoms with E-state index in [-0.39, 0.29) is 17.7 Å². The van der Waals surface area contributed by atoms with Gasteiger partial charge in [-0.1, -0.05) is 0 Å². The molecule has 74 valence electrons. The minimum Gasteiger partial charge on any atom is -0.505 e. The number of aryl methyl sites for hydroxylation is 1. The largest absolute Gasteiger partial charge is 0.505 e. The minimum atomic E-state index is -2.75. The number of aromatic nitrogens is 1. The van der Waals surface area contributed by atoms with Crippen molar-refractivity contribution in [1.29, 1.82) is 5.26 Å². The van der Waals surface area contributed by atoms with E-state index in [1.807, 2.05) is 0 Å². The maximum absolute atomic E-state index is 12.4. The first-order valence-corrected chi connectivity index (χ1v) is 3.90. The number of hydrogen-bond donors (Lipinski definition) is 1. The fourth-order valence-corrected chi connectivity index (χ4v) is 1.13. The molecule has 0 saturated carbocycles. The summed E-state index contributed by atoms with van der Waals surface area (Å²) in [5, 5.41) is 17.7. The van der Waals surface area contributed by atoms with Crippen LogP contribution in [0, 0.1) is 18.3 Å². The Morgan fingerprint density at radius 3 is 2.79 bits per heavy atom. The molecule has 0 unspecified atom stereocenters. The van der Waals surface area contributed by atoms with Crippen molar-refractivity contribution in [2.45, 2.75) is 19.8 Å². The van der Waals surface area contributed by atoms with Crippen LogP contribution < -0.4 is 0 Å². The Labute approximate surface area is 79.6 Å². The van der Waals surface area contributed by atoms with Crippen LogP contribution in [0.3, 0.4) is 0 Å². The highest BCUT2D eigenvalue weighted by Crippen LogP contribution is 2.32. The molecule has 0 aliphatic carbocycles. The minimum absolute atomic E-state index is 0.00611. The van der Waals surface area contributed by atoms with E-state index >= 15 is 0 Å². The predicted octanol–water partition coefficient (Wildman–Crippen LogP) is 2.10. The Kier molecular flexibility index (Phi) is 2.97. The molecule has 1 aromatic heterocycles. The number of nitrogens with zero attached hydrogens (tertiary/aromatic N) is 2. The van der Waals surface area contributed by atoms with Gasteiger partial charge in [0.1, 0.15) is 5.75 Å². The Balaban J connectivity index is 3.28. The normalized spacial score (nSPS) is 10.2. The second kappa shape index (κ2) is 4.01. The number of nitriles is 1. The summed E-state index contributed by atoms with van der Waals surface area (Å²) in [5.74, 6) is -0.568. The lowest BCUT2D eigenvalue weighted by atomic mass is 10.1. The molecule has 1 aromatic rings. The van der Waals surface area contributed by atoms with Crippen LogP contribution in [-0.2, 0) is 6.42 Å². The Bertz CT molecular complexity index is 385. The molecule has 1 rings (SSSR count). The van der Waals surface area contributed by atoms with Gasteiger partial charge >= 0.3 is 0 Å². The van der Waals surface area contributed by atoms with Crippen molar-refractivity contribution in [3.63, 3.8) is 0 Å². The van der Waals surface area contributed by atoms with Crippen LogP contribution in [0.25, 0.3) is 0 Å². The van der Waals surface area contributed by atoms with Gasteiger partial charge in [-0.15, -0.1) is 0 Å². The Morgan fingerprint density at radius 1 is 1.64 bits per heavy atom. The van der Waals surface area contributed by atoms with E-state index in [9.17, 15) is 13.9 Å². The van der Waals surface area contributed by atoms with Gasteiger partial charge in [-0.2, -0.15) is 5.26 Å². The molecule has 0 fully saturated rings. The maximum Gasteiger partial charge on any atom is 0.267 e. The van der Waals surface area contributed by atoms with E-state index in [0.717, 1.165) is 0 Å². The summed E-state index contributed by atoms with van der Waals surface area (Å²) in [6.45, 7) is 1.43. The third-order valence-corrected chi connectivity index (χ3v) is 1.83. The van der Waals surface area contributed by atoms with Crippen molar-refractivity contribution in [2.75, 3.05) is 0 Å². The van der Waals surface area contributed by atoms with Crippen LogP contribution in [0.15, 0.2) is 6.20 Å². The van der Waals surface area contributed by atoms with E-state index in [2.05, 4.69) is 4.98 Å². The average Bonchev–Trinajstić information content (AvgIpc) is 2.10. The quantitative estimate of drug-likeness (QED) is 0.791. The van der Waals surface area contributed by atoms with Crippen molar-refractivity contribution >= 4 is 0 Å². The van der Waals surface area contributed by atoms with Gasteiger partial charge in [0.25, 0.3) is 6.43 Å².